The average molecular weight is 212 g/mol. The van der Waals surface area contributed by atoms with Crippen molar-refractivity contribution in [1.82, 2.24) is 0 Å². The Kier molecular flexibility index (Phi) is 3.42. The average Bonchev–Trinajstić information content (AvgIpc) is 1.49. The molecule has 0 aromatic rings. The zero-order valence-electron chi connectivity index (χ0n) is 5.38. The second-order valence-electron chi connectivity index (χ2n) is 1.72. The van der Waals surface area contributed by atoms with Gasteiger partial charge in [0.25, 0.3) is 10.1 Å². The molecule has 0 rings (SSSR count). The molecular weight excluding hydrogens is 208 g/mol. The molecule has 0 saturated heterocycles. The highest BCUT2D eigenvalue weighted by atomic mass is 32.2. The zero-order chi connectivity index (χ0) is 9.99. The maximum atomic E-state index is 11.9. The summed E-state index contributed by atoms with van der Waals surface area (Å²) in [4.78, 5) is 0. The van der Waals surface area contributed by atoms with Crippen LogP contribution in [0.5, 0.6) is 0 Å². The Morgan fingerprint density at radius 3 is 2.08 bits per heavy atom. The van der Waals surface area contributed by atoms with Crippen LogP contribution in [-0.4, -0.2) is 31.4 Å². The molecule has 0 aromatic heterocycles. The van der Waals surface area contributed by atoms with Crippen LogP contribution >= 0.6 is 0 Å². The lowest BCUT2D eigenvalue weighted by Gasteiger charge is -2.09. The van der Waals surface area contributed by atoms with Crippen molar-refractivity contribution in [2.75, 3.05) is 5.75 Å². The van der Waals surface area contributed by atoms with E-state index in [1.165, 1.54) is 0 Å². The van der Waals surface area contributed by atoms with Crippen molar-refractivity contribution in [3.63, 3.8) is 0 Å². The van der Waals surface area contributed by atoms with Crippen LogP contribution in [0.25, 0.3) is 0 Å². The minimum Gasteiger partial charge on any atom is -0.285 e. The van der Waals surface area contributed by atoms with Crippen LogP contribution in [-0.2, 0) is 14.9 Å². The summed E-state index contributed by atoms with van der Waals surface area (Å²) in [5.74, 6) is -1.74. The van der Waals surface area contributed by atoms with Crippen LogP contribution in [0.2, 0.25) is 0 Å². The lowest BCUT2D eigenvalue weighted by Crippen LogP contribution is -2.26. The molecule has 0 aromatic carbocycles. The van der Waals surface area contributed by atoms with Crippen molar-refractivity contribution >= 4 is 10.1 Å². The molecule has 4 nitrogen and oxygen atoms in total. The topological polar surface area (TPSA) is 63.6 Å². The fraction of sp³-hybridized carbons (Fsp3) is 1.00. The number of alkyl halides is 4. The van der Waals surface area contributed by atoms with Crippen molar-refractivity contribution in [3.8, 4) is 0 Å². The standard InChI is InChI=1S/C3H4F4O4S/c4-2(1-12(8,9)10)11-3(5,6)7/h2H,1H2,(H,8,9,10). The molecule has 0 aliphatic rings. The first-order valence-corrected chi connectivity index (χ1v) is 4.05. The molecule has 1 N–H and O–H groups in total. The van der Waals surface area contributed by atoms with Gasteiger partial charge in [-0.15, -0.1) is 13.2 Å². The first-order valence-electron chi connectivity index (χ1n) is 2.44. The first kappa shape index (κ1) is 11.6. The molecule has 0 bridgehead atoms. The predicted octanol–water partition coefficient (Wildman–Crippen LogP) is 0.706. The number of hydrogen-bond donors (Lipinski definition) is 1. The molecule has 0 fully saturated rings. The molecule has 0 spiro atoms. The minimum atomic E-state index is -5.26. The molecule has 0 heterocycles. The van der Waals surface area contributed by atoms with Gasteiger partial charge in [-0.05, 0) is 0 Å². The van der Waals surface area contributed by atoms with Gasteiger partial charge in [-0.25, -0.2) is 4.39 Å². The van der Waals surface area contributed by atoms with Crippen LogP contribution in [0, 0.1) is 0 Å². The van der Waals surface area contributed by atoms with E-state index in [0.29, 0.717) is 0 Å². The fourth-order valence-corrected chi connectivity index (χ4v) is 0.744. The third kappa shape index (κ3) is 7.69. The van der Waals surface area contributed by atoms with E-state index in [-0.39, 0.29) is 0 Å². The highest BCUT2D eigenvalue weighted by Crippen LogP contribution is 2.19. The Hall–Kier alpha value is -0.410. The maximum absolute atomic E-state index is 11.9. The number of ether oxygens (including phenoxy) is 1. The predicted molar refractivity (Wildman–Crippen MR) is 28.5 cm³/mol. The SMILES string of the molecule is O=S(=O)(O)CC(F)OC(F)(F)F. The minimum absolute atomic E-state index is 1.74. The lowest BCUT2D eigenvalue weighted by molar-refractivity contribution is -0.356. The summed E-state index contributed by atoms with van der Waals surface area (Å²) >= 11 is 0. The second kappa shape index (κ2) is 3.54. The smallest absolute Gasteiger partial charge is 0.285 e. The Labute approximate surface area is 64.9 Å². The molecule has 0 aliphatic heterocycles. The first-order chi connectivity index (χ1) is 5.10. The van der Waals surface area contributed by atoms with Gasteiger partial charge in [-0.1, -0.05) is 0 Å². The fourth-order valence-electron chi connectivity index (χ4n) is 0.345. The molecular formula is C3H4F4O4S. The molecule has 0 amide bonds. The van der Waals surface area contributed by atoms with Crippen molar-refractivity contribution in [2.45, 2.75) is 12.7 Å². The van der Waals surface area contributed by atoms with Crippen LogP contribution in [0.3, 0.4) is 0 Å². The van der Waals surface area contributed by atoms with Gasteiger partial charge in [-0.2, -0.15) is 8.42 Å². The summed E-state index contributed by atoms with van der Waals surface area (Å²) in [6, 6.07) is 0. The second-order valence-corrected chi connectivity index (χ2v) is 3.22. The summed E-state index contributed by atoms with van der Waals surface area (Å²) in [5, 5.41) is 0. The molecule has 74 valence electrons. The van der Waals surface area contributed by atoms with E-state index in [2.05, 4.69) is 4.74 Å². The molecule has 9 heteroatoms. The highest BCUT2D eigenvalue weighted by molar-refractivity contribution is 7.85. The van der Waals surface area contributed by atoms with E-state index in [0.717, 1.165) is 0 Å². The van der Waals surface area contributed by atoms with Gasteiger partial charge in [0.15, 0.2) is 0 Å². The number of hydrogen-bond acceptors (Lipinski definition) is 3. The Bertz CT molecular complexity index is 231. The lowest BCUT2D eigenvalue weighted by atomic mass is 10.8. The molecule has 1 unspecified atom stereocenters. The highest BCUT2D eigenvalue weighted by Gasteiger charge is 2.35. The van der Waals surface area contributed by atoms with Gasteiger partial charge >= 0.3 is 6.36 Å². The van der Waals surface area contributed by atoms with E-state index < -0.39 is 28.6 Å². The van der Waals surface area contributed by atoms with Crippen LogP contribution in [0.15, 0.2) is 0 Å². The molecule has 0 aliphatic carbocycles. The third-order valence-corrected chi connectivity index (χ3v) is 1.29. The van der Waals surface area contributed by atoms with Gasteiger partial charge in [-0.3, -0.25) is 9.29 Å². The van der Waals surface area contributed by atoms with Crippen molar-refractivity contribution in [2.24, 2.45) is 0 Å². The normalized spacial score (nSPS) is 16.1. The summed E-state index contributed by atoms with van der Waals surface area (Å²) in [7, 11) is -4.80. The molecule has 1 atom stereocenters. The van der Waals surface area contributed by atoms with Gasteiger partial charge in [0, 0.05) is 0 Å². The largest absolute Gasteiger partial charge is 0.525 e. The van der Waals surface area contributed by atoms with E-state index in [1.807, 2.05) is 0 Å². The number of halogens is 4. The van der Waals surface area contributed by atoms with Gasteiger partial charge < -0.3 is 0 Å². The quantitative estimate of drug-likeness (QED) is 0.552. The monoisotopic (exact) mass is 212 g/mol. The Balaban J connectivity index is 4.00. The number of rotatable bonds is 3. The summed E-state index contributed by atoms with van der Waals surface area (Å²) in [5.41, 5.74) is 0. The molecule has 12 heavy (non-hydrogen) atoms. The maximum Gasteiger partial charge on any atom is 0.525 e. The van der Waals surface area contributed by atoms with E-state index >= 15 is 0 Å². The molecule has 0 saturated carbocycles. The van der Waals surface area contributed by atoms with E-state index in [4.69, 9.17) is 4.55 Å². The van der Waals surface area contributed by atoms with Crippen LogP contribution in [0.4, 0.5) is 17.6 Å². The Morgan fingerprint density at radius 1 is 1.42 bits per heavy atom. The zero-order valence-corrected chi connectivity index (χ0v) is 6.19. The van der Waals surface area contributed by atoms with Gasteiger partial charge in [0.2, 0.25) is 6.36 Å². The molecule has 0 radical (unpaired) electrons. The summed E-state index contributed by atoms with van der Waals surface area (Å²) in [6.45, 7) is 0. The van der Waals surface area contributed by atoms with E-state index in [9.17, 15) is 26.0 Å². The van der Waals surface area contributed by atoms with Gasteiger partial charge in [0.1, 0.15) is 5.75 Å². The van der Waals surface area contributed by atoms with Crippen LogP contribution in [0.1, 0.15) is 0 Å². The van der Waals surface area contributed by atoms with Crippen molar-refractivity contribution < 1.29 is 35.3 Å². The van der Waals surface area contributed by atoms with Crippen molar-refractivity contribution in [3.05, 3.63) is 0 Å². The van der Waals surface area contributed by atoms with Crippen LogP contribution < -0.4 is 0 Å². The van der Waals surface area contributed by atoms with Crippen molar-refractivity contribution in [1.29, 1.82) is 0 Å². The Morgan fingerprint density at radius 2 is 1.83 bits per heavy atom. The third-order valence-electron chi connectivity index (χ3n) is 0.603. The van der Waals surface area contributed by atoms with E-state index in [1.54, 1.807) is 0 Å². The summed E-state index contributed by atoms with van der Waals surface area (Å²) < 4.78 is 75.4. The summed E-state index contributed by atoms with van der Waals surface area (Å²) in [6.07, 6.45) is -8.37. The van der Waals surface area contributed by atoms with Gasteiger partial charge in [0.05, 0.1) is 0 Å².